The van der Waals surface area contributed by atoms with Crippen molar-refractivity contribution >= 4 is 12.2 Å². The summed E-state index contributed by atoms with van der Waals surface area (Å²) in [6.07, 6.45) is 2.09. The minimum Gasteiger partial charge on any atom is -0.443 e. The fraction of sp³-hybridized carbons (Fsp3) is 0.867. The first-order valence-corrected chi connectivity index (χ1v) is 7.46. The molecule has 0 saturated heterocycles. The van der Waals surface area contributed by atoms with E-state index in [-0.39, 0.29) is 0 Å². The number of amides is 2. The highest BCUT2D eigenvalue weighted by Crippen LogP contribution is 2.27. The lowest BCUT2D eigenvalue weighted by molar-refractivity contribution is -0.00508. The summed E-state index contributed by atoms with van der Waals surface area (Å²) in [5.41, 5.74) is 1.28. The number of carbonyl (C=O) groups is 2. The molecule has 1 aliphatic carbocycles. The Morgan fingerprint density at radius 2 is 1.57 bits per heavy atom. The maximum Gasteiger partial charge on any atom is 0.429 e. The molecule has 0 heterocycles. The second-order valence-electron chi connectivity index (χ2n) is 7.50. The van der Waals surface area contributed by atoms with Crippen molar-refractivity contribution in [3.05, 3.63) is 0 Å². The third kappa shape index (κ3) is 7.20. The fourth-order valence-corrected chi connectivity index (χ4v) is 1.83. The van der Waals surface area contributed by atoms with E-state index >= 15 is 0 Å². The van der Waals surface area contributed by atoms with Gasteiger partial charge in [0.1, 0.15) is 11.2 Å². The van der Waals surface area contributed by atoms with Gasteiger partial charge < -0.3 is 9.47 Å². The van der Waals surface area contributed by atoms with Crippen LogP contribution in [0.4, 0.5) is 9.59 Å². The molecule has 0 aromatic rings. The van der Waals surface area contributed by atoms with Crippen LogP contribution in [-0.2, 0) is 9.47 Å². The Labute approximate surface area is 127 Å². The zero-order valence-electron chi connectivity index (χ0n) is 14.0. The summed E-state index contributed by atoms with van der Waals surface area (Å²) in [5.74, 6) is 0.410. The molecule has 1 N–H and O–H groups in total. The Bertz CT molecular complexity index is 378. The Morgan fingerprint density at radius 1 is 1.05 bits per heavy atom. The number of ether oxygens (including phenoxy) is 2. The molecule has 1 saturated carbocycles. The van der Waals surface area contributed by atoms with Gasteiger partial charge in [0.15, 0.2) is 0 Å². The molecule has 2 amide bonds. The second-order valence-corrected chi connectivity index (χ2v) is 7.50. The van der Waals surface area contributed by atoms with Crippen LogP contribution in [0, 0.1) is 5.92 Å². The minimum atomic E-state index is -0.646. The highest BCUT2D eigenvalue weighted by molar-refractivity contribution is 5.74. The second kappa shape index (κ2) is 6.54. The predicted octanol–water partition coefficient (Wildman–Crippen LogP) is 3.46. The van der Waals surface area contributed by atoms with Gasteiger partial charge in [0.05, 0.1) is 0 Å². The molecule has 6 nitrogen and oxygen atoms in total. The average Bonchev–Trinajstić information content (AvgIpc) is 2.15. The Morgan fingerprint density at radius 3 is 1.95 bits per heavy atom. The van der Waals surface area contributed by atoms with E-state index in [0.29, 0.717) is 12.5 Å². The molecule has 1 rings (SSSR count). The number of hydrogen-bond donors (Lipinski definition) is 1. The molecule has 0 aromatic carbocycles. The molecule has 0 bridgehead atoms. The largest absolute Gasteiger partial charge is 0.443 e. The maximum atomic E-state index is 12.2. The van der Waals surface area contributed by atoms with Gasteiger partial charge in [0, 0.05) is 6.54 Å². The summed E-state index contributed by atoms with van der Waals surface area (Å²) in [5, 5.41) is 1.23. The van der Waals surface area contributed by atoms with Gasteiger partial charge in [-0.3, -0.25) is 0 Å². The Kier molecular flexibility index (Phi) is 5.48. The van der Waals surface area contributed by atoms with Gasteiger partial charge in [-0.25, -0.2) is 20.0 Å². The lowest BCUT2D eigenvalue weighted by atomic mass is 9.85. The van der Waals surface area contributed by atoms with Crippen LogP contribution < -0.4 is 5.43 Å². The zero-order chi connectivity index (χ0) is 16.3. The lowest BCUT2D eigenvalue weighted by Gasteiger charge is -2.33. The standard InChI is InChI=1S/C15H28N2O4/c1-14(2,3)20-12(18)16-17(10-11-8-7-9-11)13(19)21-15(4,5)6/h11H,7-10H2,1-6H3,(H,16,18). The Hall–Kier alpha value is -1.46. The van der Waals surface area contributed by atoms with E-state index in [0.717, 1.165) is 12.8 Å². The van der Waals surface area contributed by atoms with Crippen molar-refractivity contribution in [1.82, 2.24) is 10.4 Å². The average molecular weight is 300 g/mol. The van der Waals surface area contributed by atoms with E-state index in [9.17, 15) is 9.59 Å². The molecule has 6 heteroatoms. The summed E-state index contributed by atoms with van der Waals surface area (Å²) in [6, 6.07) is 0. The first-order chi connectivity index (χ1) is 9.46. The monoisotopic (exact) mass is 300 g/mol. The molecule has 0 unspecified atom stereocenters. The number of carbonyl (C=O) groups excluding carboxylic acids is 2. The smallest absolute Gasteiger partial charge is 0.429 e. The topological polar surface area (TPSA) is 67.9 Å². The third-order valence-electron chi connectivity index (χ3n) is 2.90. The molecule has 21 heavy (non-hydrogen) atoms. The third-order valence-corrected chi connectivity index (χ3v) is 2.90. The predicted molar refractivity (Wildman–Crippen MR) is 79.7 cm³/mol. The highest BCUT2D eigenvalue weighted by atomic mass is 16.6. The molecule has 1 aliphatic rings. The van der Waals surface area contributed by atoms with Gasteiger partial charge in [0.25, 0.3) is 0 Å². The summed E-state index contributed by atoms with van der Waals surface area (Å²) in [6.45, 7) is 11.1. The van der Waals surface area contributed by atoms with Crippen LogP contribution in [0.25, 0.3) is 0 Å². The molecule has 0 aromatic heterocycles. The molecule has 122 valence electrons. The van der Waals surface area contributed by atoms with Crippen LogP contribution in [0.2, 0.25) is 0 Å². The van der Waals surface area contributed by atoms with Gasteiger partial charge in [-0.05, 0) is 60.3 Å². The van der Waals surface area contributed by atoms with E-state index < -0.39 is 23.4 Å². The minimum absolute atomic E-state index is 0.410. The number of rotatable bonds is 2. The van der Waals surface area contributed by atoms with Crippen molar-refractivity contribution in [3.8, 4) is 0 Å². The first kappa shape index (κ1) is 17.6. The van der Waals surface area contributed by atoms with Crippen molar-refractivity contribution in [1.29, 1.82) is 0 Å². The van der Waals surface area contributed by atoms with Crippen LogP contribution in [-0.4, -0.2) is 34.9 Å². The van der Waals surface area contributed by atoms with Crippen molar-refractivity contribution in [3.63, 3.8) is 0 Å². The van der Waals surface area contributed by atoms with Gasteiger partial charge in [0.2, 0.25) is 0 Å². The molecule has 1 fully saturated rings. The summed E-state index contributed by atoms with van der Waals surface area (Å²) in [4.78, 5) is 24.0. The van der Waals surface area contributed by atoms with E-state index in [1.54, 1.807) is 41.5 Å². The fourth-order valence-electron chi connectivity index (χ4n) is 1.83. The molecule has 0 atom stereocenters. The normalized spacial score (nSPS) is 15.9. The van der Waals surface area contributed by atoms with Crippen LogP contribution >= 0.6 is 0 Å². The van der Waals surface area contributed by atoms with Crippen molar-refractivity contribution in [2.24, 2.45) is 5.92 Å². The number of hydrogen-bond acceptors (Lipinski definition) is 4. The van der Waals surface area contributed by atoms with E-state index in [2.05, 4.69) is 5.43 Å². The van der Waals surface area contributed by atoms with Crippen molar-refractivity contribution in [2.45, 2.75) is 72.0 Å². The number of nitrogens with one attached hydrogen (secondary N) is 1. The molecular formula is C15H28N2O4. The number of nitrogens with zero attached hydrogens (tertiary/aromatic N) is 1. The Balaban J connectivity index is 2.63. The van der Waals surface area contributed by atoms with Crippen molar-refractivity contribution in [2.75, 3.05) is 6.54 Å². The maximum absolute atomic E-state index is 12.2. The quantitative estimate of drug-likeness (QED) is 0.793. The number of hydrazine groups is 1. The van der Waals surface area contributed by atoms with E-state index in [4.69, 9.17) is 9.47 Å². The SMILES string of the molecule is CC(C)(C)OC(=O)NN(CC1CCC1)C(=O)OC(C)(C)C. The van der Waals surface area contributed by atoms with Gasteiger partial charge in [-0.2, -0.15) is 0 Å². The molecule has 0 aliphatic heterocycles. The summed E-state index contributed by atoms with van der Waals surface area (Å²) >= 11 is 0. The van der Waals surface area contributed by atoms with Crippen LogP contribution in [0.5, 0.6) is 0 Å². The first-order valence-electron chi connectivity index (χ1n) is 7.46. The summed E-state index contributed by atoms with van der Waals surface area (Å²) < 4.78 is 10.5. The van der Waals surface area contributed by atoms with Gasteiger partial charge in [-0.1, -0.05) is 6.42 Å². The van der Waals surface area contributed by atoms with Gasteiger partial charge >= 0.3 is 12.2 Å². The van der Waals surface area contributed by atoms with Crippen LogP contribution in [0.1, 0.15) is 60.8 Å². The zero-order valence-corrected chi connectivity index (χ0v) is 14.0. The summed E-state index contributed by atoms with van der Waals surface area (Å²) in [7, 11) is 0. The molecule has 0 spiro atoms. The molecule has 0 radical (unpaired) electrons. The van der Waals surface area contributed by atoms with Crippen LogP contribution in [0.15, 0.2) is 0 Å². The van der Waals surface area contributed by atoms with Crippen molar-refractivity contribution < 1.29 is 19.1 Å². The van der Waals surface area contributed by atoms with Crippen LogP contribution in [0.3, 0.4) is 0 Å². The van der Waals surface area contributed by atoms with E-state index in [1.807, 2.05) is 0 Å². The highest BCUT2D eigenvalue weighted by Gasteiger charge is 2.29. The van der Waals surface area contributed by atoms with E-state index in [1.165, 1.54) is 11.4 Å². The molecular weight excluding hydrogens is 272 g/mol. The lowest BCUT2D eigenvalue weighted by Crippen LogP contribution is -2.52. The van der Waals surface area contributed by atoms with Gasteiger partial charge in [-0.15, -0.1) is 0 Å².